The Morgan fingerprint density at radius 3 is 2.67 bits per heavy atom. The molecule has 0 radical (unpaired) electrons. The fourth-order valence-electron chi connectivity index (χ4n) is 1.03. The average molecular weight is 204 g/mol. The topological polar surface area (TPSA) is 56.8 Å². The van der Waals surface area contributed by atoms with Gasteiger partial charge in [-0.1, -0.05) is 6.92 Å². The van der Waals surface area contributed by atoms with Gasteiger partial charge in [-0.05, 0) is 18.6 Å². The van der Waals surface area contributed by atoms with Crippen molar-refractivity contribution in [2.45, 2.75) is 19.4 Å². The van der Waals surface area contributed by atoms with Crippen molar-refractivity contribution in [1.82, 2.24) is 0 Å². The molecule has 1 aromatic rings. The summed E-state index contributed by atoms with van der Waals surface area (Å²) in [5.74, 6) is -0.373. The van der Waals surface area contributed by atoms with E-state index >= 15 is 0 Å². The number of rotatable bonds is 3. The largest absolute Gasteiger partial charge is 0.475 e. The smallest absolute Gasteiger partial charge is 0.184 e. The minimum Gasteiger partial charge on any atom is -0.475 e. The van der Waals surface area contributed by atoms with Gasteiger partial charge in [0.1, 0.15) is 23.7 Å². The van der Waals surface area contributed by atoms with Crippen LogP contribution in [0.5, 0.6) is 5.75 Å². The van der Waals surface area contributed by atoms with E-state index in [1.54, 1.807) is 13.0 Å². The van der Waals surface area contributed by atoms with Crippen LogP contribution in [0.1, 0.15) is 18.9 Å². The molecular formula is C11H9FN2O. The molecule has 4 heteroatoms. The number of halogens is 1. The lowest BCUT2D eigenvalue weighted by atomic mass is 10.2. The summed E-state index contributed by atoms with van der Waals surface area (Å²) in [5, 5.41) is 17.1. The molecule has 15 heavy (non-hydrogen) atoms. The number of nitrogens with zero attached hydrogens (tertiary/aromatic N) is 2. The van der Waals surface area contributed by atoms with Crippen molar-refractivity contribution in [1.29, 1.82) is 10.5 Å². The number of benzene rings is 1. The minimum absolute atomic E-state index is 0.0349. The number of nitriles is 2. The van der Waals surface area contributed by atoms with Crippen molar-refractivity contribution < 1.29 is 9.13 Å². The molecule has 0 aliphatic rings. The van der Waals surface area contributed by atoms with Crippen LogP contribution >= 0.6 is 0 Å². The maximum Gasteiger partial charge on any atom is 0.184 e. The third kappa shape index (κ3) is 2.69. The Labute approximate surface area is 87.3 Å². The lowest BCUT2D eigenvalue weighted by molar-refractivity contribution is 0.251. The molecule has 76 valence electrons. The van der Waals surface area contributed by atoms with E-state index in [9.17, 15) is 4.39 Å². The van der Waals surface area contributed by atoms with Gasteiger partial charge in [-0.2, -0.15) is 10.5 Å². The maximum absolute atomic E-state index is 13.1. The molecule has 0 saturated heterocycles. The number of hydrogen-bond acceptors (Lipinski definition) is 3. The summed E-state index contributed by atoms with van der Waals surface area (Å²) in [6, 6.07) is 7.56. The minimum atomic E-state index is -0.636. The van der Waals surface area contributed by atoms with Crippen molar-refractivity contribution in [3.63, 3.8) is 0 Å². The van der Waals surface area contributed by atoms with Crippen molar-refractivity contribution >= 4 is 0 Å². The van der Waals surface area contributed by atoms with Crippen LogP contribution < -0.4 is 4.74 Å². The van der Waals surface area contributed by atoms with E-state index in [0.717, 1.165) is 6.07 Å². The lowest BCUT2D eigenvalue weighted by Gasteiger charge is -2.09. The summed E-state index contributed by atoms with van der Waals surface area (Å²) in [6.45, 7) is 1.80. The second kappa shape index (κ2) is 4.97. The molecule has 0 aliphatic heterocycles. The Hall–Kier alpha value is -2.07. The molecule has 3 nitrogen and oxygen atoms in total. The van der Waals surface area contributed by atoms with Crippen LogP contribution in [-0.4, -0.2) is 6.10 Å². The zero-order valence-corrected chi connectivity index (χ0v) is 8.20. The van der Waals surface area contributed by atoms with Gasteiger partial charge in [0.25, 0.3) is 0 Å². The Morgan fingerprint density at radius 1 is 1.47 bits per heavy atom. The zero-order valence-electron chi connectivity index (χ0n) is 8.20. The highest BCUT2D eigenvalue weighted by Crippen LogP contribution is 2.17. The monoisotopic (exact) mass is 204 g/mol. The molecule has 1 unspecified atom stereocenters. The molecule has 0 fully saturated rings. The quantitative estimate of drug-likeness (QED) is 0.759. The molecule has 0 spiro atoms. The summed E-state index contributed by atoms with van der Waals surface area (Å²) in [4.78, 5) is 0. The Morgan fingerprint density at radius 2 is 2.20 bits per heavy atom. The highest BCUT2D eigenvalue weighted by Gasteiger charge is 2.08. The van der Waals surface area contributed by atoms with E-state index in [0.29, 0.717) is 6.42 Å². The van der Waals surface area contributed by atoms with Gasteiger partial charge in [-0.15, -0.1) is 0 Å². The Bertz CT molecular complexity index is 431. The SMILES string of the molecule is CCC(C#N)Oc1ccc(C#N)c(F)c1. The molecule has 0 saturated carbocycles. The van der Waals surface area contributed by atoms with E-state index in [1.165, 1.54) is 12.1 Å². The Kier molecular flexibility index (Phi) is 3.65. The van der Waals surface area contributed by atoms with Gasteiger partial charge in [0.05, 0.1) is 5.56 Å². The molecular weight excluding hydrogens is 195 g/mol. The van der Waals surface area contributed by atoms with Gasteiger partial charge in [0.2, 0.25) is 0 Å². The highest BCUT2D eigenvalue weighted by molar-refractivity contribution is 5.36. The molecule has 1 rings (SSSR count). The third-order valence-corrected chi connectivity index (χ3v) is 1.85. The van der Waals surface area contributed by atoms with Gasteiger partial charge < -0.3 is 4.74 Å². The molecule has 0 N–H and O–H groups in total. The summed E-state index contributed by atoms with van der Waals surface area (Å²) in [5.41, 5.74) is -0.0349. The molecule has 0 bridgehead atoms. The van der Waals surface area contributed by atoms with Crippen molar-refractivity contribution in [2.24, 2.45) is 0 Å². The van der Waals surface area contributed by atoms with Crippen LogP contribution in [0, 0.1) is 28.5 Å². The first-order chi connectivity index (χ1) is 7.21. The van der Waals surface area contributed by atoms with Crippen LogP contribution in [0.25, 0.3) is 0 Å². The van der Waals surface area contributed by atoms with Gasteiger partial charge in [0.15, 0.2) is 6.10 Å². The number of hydrogen-bond donors (Lipinski definition) is 0. The van der Waals surface area contributed by atoms with E-state index in [1.807, 2.05) is 6.07 Å². The molecule has 0 aromatic heterocycles. The van der Waals surface area contributed by atoms with Crippen LogP contribution in [0.2, 0.25) is 0 Å². The summed E-state index contributed by atoms with van der Waals surface area (Å²) in [7, 11) is 0. The molecule has 1 atom stereocenters. The van der Waals surface area contributed by atoms with Crippen LogP contribution in [0.3, 0.4) is 0 Å². The summed E-state index contributed by atoms with van der Waals surface area (Å²) < 4.78 is 18.3. The van der Waals surface area contributed by atoms with E-state index in [-0.39, 0.29) is 11.3 Å². The number of ether oxygens (including phenoxy) is 1. The van der Waals surface area contributed by atoms with E-state index < -0.39 is 11.9 Å². The third-order valence-electron chi connectivity index (χ3n) is 1.85. The summed E-state index contributed by atoms with van der Waals surface area (Å²) in [6.07, 6.45) is -0.0599. The molecule has 0 amide bonds. The fourth-order valence-corrected chi connectivity index (χ4v) is 1.03. The maximum atomic E-state index is 13.1. The van der Waals surface area contributed by atoms with Gasteiger partial charge in [-0.25, -0.2) is 4.39 Å². The van der Waals surface area contributed by atoms with Crippen LogP contribution in [0.15, 0.2) is 18.2 Å². The summed E-state index contributed by atoms with van der Waals surface area (Å²) >= 11 is 0. The second-order valence-electron chi connectivity index (χ2n) is 2.90. The zero-order chi connectivity index (χ0) is 11.3. The first-order valence-electron chi connectivity index (χ1n) is 4.47. The Balaban J connectivity index is 2.86. The molecule has 0 aliphatic carbocycles. The predicted molar refractivity (Wildman–Crippen MR) is 51.4 cm³/mol. The first-order valence-corrected chi connectivity index (χ1v) is 4.47. The predicted octanol–water partition coefficient (Wildman–Crippen LogP) is 2.38. The van der Waals surface area contributed by atoms with Gasteiger partial charge >= 0.3 is 0 Å². The van der Waals surface area contributed by atoms with Crippen LogP contribution in [0.4, 0.5) is 4.39 Å². The second-order valence-corrected chi connectivity index (χ2v) is 2.90. The average Bonchev–Trinajstić information content (AvgIpc) is 2.26. The van der Waals surface area contributed by atoms with Gasteiger partial charge in [0, 0.05) is 6.07 Å². The lowest BCUT2D eigenvalue weighted by Crippen LogP contribution is -2.12. The first kappa shape index (κ1) is 11.0. The van der Waals surface area contributed by atoms with Crippen molar-refractivity contribution in [2.75, 3.05) is 0 Å². The highest BCUT2D eigenvalue weighted by atomic mass is 19.1. The van der Waals surface area contributed by atoms with Crippen molar-refractivity contribution in [3.8, 4) is 17.9 Å². The van der Waals surface area contributed by atoms with Gasteiger partial charge in [-0.3, -0.25) is 0 Å². The van der Waals surface area contributed by atoms with Crippen LogP contribution in [-0.2, 0) is 0 Å². The molecule has 1 aromatic carbocycles. The standard InChI is InChI=1S/C11H9FN2O/c1-2-9(7-14)15-10-4-3-8(6-13)11(12)5-10/h3-5,9H,2H2,1H3. The molecule has 0 heterocycles. The van der Waals surface area contributed by atoms with E-state index in [4.69, 9.17) is 15.3 Å². The normalized spacial score (nSPS) is 11.2. The van der Waals surface area contributed by atoms with E-state index in [2.05, 4.69) is 0 Å². The van der Waals surface area contributed by atoms with Crippen molar-refractivity contribution in [3.05, 3.63) is 29.6 Å². The fraction of sp³-hybridized carbons (Fsp3) is 0.273.